The number of thiocarbonyl (C=S) groups is 1. The second-order valence-electron chi connectivity index (χ2n) is 8.22. The van der Waals surface area contributed by atoms with Crippen LogP contribution < -0.4 is 10.6 Å². The van der Waals surface area contributed by atoms with E-state index < -0.39 is 17.9 Å². The third kappa shape index (κ3) is 4.23. The fraction of sp³-hybridized carbons (Fsp3) is 0.600. The summed E-state index contributed by atoms with van der Waals surface area (Å²) in [7, 11) is 0. The Morgan fingerprint density at radius 3 is 2.55 bits per heavy atom. The van der Waals surface area contributed by atoms with Crippen LogP contribution in [-0.2, 0) is 23.7 Å². The average Bonchev–Trinajstić information content (AvgIpc) is 3.25. The van der Waals surface area contributed by atoms with Crippen LogP contribution in [0.2, 0.25) is 0 Å². The first-order valence-corrected chi connectivity index (χ1v) is 9.98. The predicted molar refractivity (Wildman–Crippen MR) is 108 cm³/mol. The fourth-order valence-corrected chi connectivity index (χ4v) is 4.14. The molecule has 0 aromatic heterocycles. The van der Waals surface area contributed by atoms with E-state index in [-0.39, 0.29) is 24.4 Å². The van der Waals surface area contributed by atoms with Crippen molar-refractivity contribution in [1.29, 1.82) is 5.26 Å². The molecule has 0 amide bonds. The molecule has 1 aromatic rings. The van der Waals surface area contributed by atoms with Crippen molar-refractivity contribution in [2.24, 2.45) is 0 Å². The van der Waals surface area contributed by atoms with E-state index in [0.29, 0.717) is 23.0 Å². The lowest BCUT2D eigenvalue weighted by molar-refractivity contribution is -0.223. The van der Waals surface area contributed by atoms with Gasteiger partial charge in [-0.15, -0.1) is 0 Å². The molecule has 156 valence electrons. The number of hydrogen-bond donors (Lipinski definition) is 2. The van der Waals surface area contributed by atoms with E-state index in [9.17, 15) is 5.26 Å². The maximum absolute atomic E-state index is 9.29. The van der Waals surface area contributed by atoms with Crippen LogP contribution in [-0.4, -0.2) is 53.9 Å². The summed E-state index contributed by atoms with van der Waals surface area (Å²) < 4.78 is 29.8. The van der Waals surface area contributed by atoms with Crippen LogP contribution in [0.1, 0.15) is 33.3 Å². The minimum Gasteiger partial charge on any atom is -0.354 e. The van der Waals surface area contributed by atoms with Gasteiger partial charge in [-0.1, -0.05) is 12.1 Å². The molecule has 0 spiro atoms. The molecule has 3 aliphatic rings. The number of nitrogens with one attached hydrogen (secondary N) is 2. The molecule has 4 rings (SSSR count). The van der Waals surface area contributed by atoms with E-state index in [2.05, 4.69) is 16.7 Å². The minimum absolute atomic E-state index is 0.294. The summed E-state index contributed by atoms with van der Waals surface area (Å²) in [4.78, 5) is 0. The zero-order chi connectivity index (χ0) is 20.8. The van der Waals surface area contributed by atoms with E-state index in [1.54, 1.807) is 18.2 Å². The van der Waals surface area contributed by atoms with Gasteiger partial charge in [-0.25, -0.2) is 0 Å². The number of para-hydroxylation sites is 1. The van der Waals surface area contributed by atoms with Crippen molar-refractivity contribution < 1.29 is 23.7 Å². The molecule has 5 atom stereocenters. The second-order valence-corrected chi connectivity index (χ2v) is 8.63. The van der Waals surface area contributed by atoms with Gasteiger partial charge < -0.3 is 34.3 Å². The molecular formula is C20H25N3O5S. The number of hydrogen-bond acceptors (Lipinski definition) is 7. The first-order chi connectivity index (χ1) is 13.7. The number of nitrogens with zero attached hydrogens (tertiary/aromatic N) is 1. The average molecular weight is 420 g/mol. The summed E-state index contributed by atoms with van der Waals surface area (Å²) in [6.45, 7) is 7.83. The number of rotatable bonds is 3. The Labute approximate surface area is 175 Å². The summed E-state index contributed by atoms with van der Waals surface area (Å²) in [5.74, 6) is -1.43. The van der Waals surface area contributed by atoms with Crippen molar-refractivity contribution in [3.05, 3.63) is 29.8 Å². The molecule has 0 bridgehead atoms. The highest BCUT2D eigenvalue weighted by Gasteiger charge is 2.58. The van der Waals surface area contributed by atoms with Crippen LogP contribution in [0.15, 0.2) is 24.3 Å². The van der Waals surface area contributed by atoms with E-state index >= 15 is 0 Å². The first kappa shape index (κ1) is 20.5. The summed E-state index contributed by atoms with van der Waals surface area (Å²) >= 11 is 5.51. The van der Waals surface area contributed by atoms with E-state index in [0.717, 1.165) is 0 Å². The van der Waals surface area contributed by atoms with Crippen molar-refractivity contribution in [3.8, 4) is 6.07 Å². The molecule has 0 radical (unpaired) electrons. The highest BCUT2D eigenvalue weighted by atomic mass is 32.1. The van der Waals surface area contributed by atoms with Crippen molar-refractivity contribution in [1.82, 2.24) is 5.32 Å². The van der Waals surface area contributed by atoms with Crippen molar-refractivity contribution in [3.63, 3.8) is 0 Å². The Bertz CT molecular complexity index is 840. The van der Waals surface area contributed by atoms with E-state index in [1.807, 2.05) is 33.8 Å². The molecule has 1 aromatic carbocycles. The maximum atomic E-state index is 9.29. The normalized spacial score (nSPS) is 34.4. The van der Waals surface area contributed by atoms with Crippen LogP contribution >= 0.6 is 12.2 Å². The molecule has 0 aliphatic carbocycles. The molecule has 3 aliphatic heterocycles. The lowest BCUT2D eigenvalue weighted by Gasteiger charge is -2.30. The number of anilines is 1. The Morgan fingerprint density at radius 2 is 1.86 bits per heavy atom. The fourth-order valence-electron chi connectivity index (χ4n) is 3.89. The van der Waals surface area contributed by atoms with Gasteiger partial charge in [0, 0.05) is 0 Å². The Kier molecular flexibility index (Phi) is 5.27. The van der Waals surface area contributed by atoms with Gasteiger partial charge in [-0.2, -0.15) is 5.26 Å². The summed E-state index contributed by atoms with van der Waals surface area (Å²) in [6.07, 6.45) is -1.58. The first-order valence-electron chi connectivity index (χ1n) is 9.57. The van der Waals surface area contributed by atoms with Crippen LogP contribution in [0.3, 0.4) is 0 Å². The molecule has 9 heteroatoms. The molecule has 8 nitrogen and oxygen atoms in total. The molecule has 3 saturated heterocycles. The van der Waals surface area contributed by atoms with Gasteiger partial charge >= 0.3 is 0 Å². The van der Waals surface area contributed by atoms with Gasteiger partial charge in [0.1, 0.15) is 24.4 Å². The summed E-state index contributed by atoms with van der Waals surface area (Å²) in [5, 5.41) is 16.0. The number of nitriles is 1. The number of ether oxygens (including phenoxy) is 5. The smallest absolute Gasteiger partial charge is 0.189 e. The van der Waals surface area contributed by atoms with Crippen molar-refractivity contribution >= 4 is 23.0 Å². The largest absolute Gasteiger partial charge is 0.354 e. The molecule has 0 saturated carbocycles. The molecule has 3 heterocycles. The zero-order valence-corrected chi connectivity index (χ0v) is 17.6. The van der Waals surface area contributed by atoms with Crippen LogP contribution in [0.25, 0.3) is 0 Å². The summed E-state index contributed by atoms with van der Waals surface area (Å²) in [6, 6.07) is 8.99. The van der Waals surface area contributed by atoms with Crippen LogP contribution in [0.4, 0.5) is 5.69 Å². The third-order valence-electron chi connectivity index (χ3n) is 5.08. The highest BCUT2D eigenvalue weighted by Crippen LogP contribution is 2.40. The Hall–Kier alpha value is -1.80. The molecule has 29 heavy (non-hydrogen) atoms. The van der Waals surface area contributed by atoms with Crippen molar-refractivity contribution in [2.75, 3.05) is 11.9 Å². The molecule has 2 N–H and O–H groups in total. The number of fused-ring (bicyclic) bond motifs is 1. The van der Waals surface area contributed by atoms with Gasteiger partial charge in [-0.3, -0.25) is 0 Å². The van der Waals surface area contributed by atoms with Gasteiger partial charge in [0.25, 0.3) is 0 Å². The van der Waals surface area contributed by atoms with Gasteiger partial charge in [0.15, 0.2) is 23.0 Å². The summed E-state index contributed by atoms with van der Waals surface area (Å²) in [5.41, 5.74) is 1.13. The minimum atomic E-state index is -0.755. The standard InChI is InChI=1S/C20H25N3O5S/c1-19(2)24-10-13(26-19)15-14(16-17(25-15)28-20(3,4)27-16)23-18(29)22-12-8-6-5-7-11(12)9-21/h5-8,13-17H,10H2,1-4H3,(H2,22,23,29)/t13-,14+,15-,16-,17-/m1/s1. The SMILES string of the molecule is CC1(C)O[C@H]2O[C@H]([C@H]3COC(C)(C)O3)[C@H](NC(=S)Nc3ccccc3C#N)[C@H]2O1. The van der Waals surface area contributed by atoms with E-state index in [1.165, 1.54) is 0 Å². The van der Waals surface area contributed by atoms with Crippen LogP contribution in [0, 0.1) is 11.3 Å². The van der Waals surface area contributed by atoms with Gasteiger partial charge in [0.2, 0.25) is 0 Å². The number of benzene rings is 1. The Balaban J connectivity index is 1.51. The quantitative estimate of drug-likeness (QED) is 0.715. The predicted octanol–water partition coefficient (Wildman–Crippen LogP) is 2.24. The molecular weight excluding hydrogens is 394 g/mol. The maximum Gasteiger partial charge on any atom is 0.189 e. The van der Waals surface area contributed by atoms with Gasteiger partial charge in [0.05, 0.1) is 23.9 Å². The lowest BCUT2D eigenvalue weighted by atomic mass is 10.0. The second kappa shape index (κ2) is 7.47. The van der Waals surface area contributed by atoms with E-state index in [4.69, 9.17) is 35.9 Å². The monoisotopic (exact) mass is 419 g/mol. The topological polar surface area (TPSA) is 94.0 Å². The highest BCUT2D eigenvalue weighted by molar-refractivity contribution is 7.80. The molecule has 0 unspecified atom stereocenters. The Morgan fingerprint density at radius 1 is 1.10 bits per heavy atom. The van der Waals surface area contributed by atoms with Crippen LogP contribution in [0.5, 0.6) is 0 Å². The molecule has 3 fully saturated rings. The third-order valence-corrected chi connectivity index (χ3v) is 5.30. The lowest BCUT2D eigenvalue weighted by Crippen LogP contribution is -2.53. The van der Waals surface area contributed by atoms with Crippen molar-refractivity contribution in [2.45, 2.75) is 69.9 Å². The zero-order valence-electron chi connectivity index (χ0n) is 16.8. The van der Waals surface area contributed by atoms with Gasteiger partial charge in [-0.05, 0) is 52.0 Å².